The lowest BCUT2D eigenvalue weighted by atomic mass is 10.3. The maximum Gasteiger partial charge on any atom is 0.178 e. The highest BCUT2D eigenvalue weighted by Crippen LogP contribution is 2.20. The number of aryl methyl sites for hydroxylation is 2. The number of halogens is 1. The molecule has 128 valence electrons. The van der Waals surface area contributed by atoms with Crippen LogP contribution in [0.25, 0.3) is 11.0 Å². The zero-order valence-corrected chi connectivity index (χ0v) is 15.8. The lowest BCUT2D eigenvalue weighted by Gasteiger charge is -2.08. The Morgan fingerprint density at radius 3 is 2.56 bits per heavy atom. The van der Waals surface area contributed by atoms with Gasteiger partial charge in [-0.2, -0.15) is 5.26 Å². The Balaban J connectivity index is 1.87. The lowest BCUT2D eigenvalue weighted by Crippen LogP contribution is -2.13. The largest absolute Gasteiger partial charge is 0.327 e. The fourth-order valence-corrected chi connectivity index (χ4v) is 4.22. The molecule has 0 bridgehead atoms. The molecule has 2 aromatic carbocycles. The topological polar surface area (TPSA) is 75.8 Å². The third-order valence-corrected chi connectivity index (χ3v) is 6.21. The van der Waals surface area contributed by atoms with Crippen molar-refractivity contribution in [3.05, 3.63) is 58.8 Å². The summed E-state index contributed by atoms with van der Waals surface area (Å²) in [6, 6.07) is 16.4. The summed E-state index contributed by atoms with van der Waals surface area (Å²) in [6.45, 7) is 0.505. The Morgan fingerprint density at radius 1 is 1.12 bits per heavy atom. The molecule has 1 heterocycles. The van der Waals surface area contributed by atoms with Crippen LogP contribution in [0.1, 0.15) is 12.2 Å². The second kappa shape index (κ2) is 7.38. The number of nitrogens with zero attached hydrogens (tertiary/aromatic N) is 3. The van der Waals surface area contributed by atoms with Gasteiger partial charge in [0.15, 0.2) is 9.84 Å². The lowest BCUT2D eigenvalue weighted by molar-refractivity contribution is 0.592. The molecule has 0 amide bonds. The molecule has 0 fully saturated rings. The molecule has 1 aromatic heterocycles. The molecule has 0 saturated heterocycles. The van der Waals surface area contributed by atoms with E-state index in [0.29, 0.717) is 30.1 Å². The molecule has 0 saturated carbocycles. The number of fused-ring (bicyclic) bond motifs is 1. The van der Waals surface area contributed by atoms with Crippen LogP contribution < -0.4 is 0 Å². The predicted octanol–water partition coefficient (Wildman–Crippen LogP) is 3.73. The number of para-hydroxylation sites is 2. The van der Waals surface area contributed by atoms with Gasteiger partial charge in [-0.3, -0.25) is 0 Å². The van der Waals surface area contributed by atoms with Crippen LogP contribution in [-0.2, 0) is 22.8 Å². The molecule has 0 aliphatic heterocycles. The number of nitriles is 1. The maximum atomic E-state index is 12.6. The van der Waals surface area contributed by atoms with Crippen molar-refractivity contribution in [1.29, 1.82) is 5.26 Å². The standard InChI is InChI=1S/C18H16BrN3O2S/c19-14-6-8-15(9-7-14)25(23,24)13-10-18-21-16-4-1-2-5-17(16)22(18)12-3-11-20/h1-2,4-9H,3,10,12-13H2. The van der Waals surface area contributed by atoms with Crippen LogP contribution in [0.4, 0.5) is 0 Å². The molecule has 0 atom stereocenters. The molecule has 0 spiro atoms. The highest BCUT2D eigenvalue weighted by atomic mass is 79.9. The van der Waals surface area contributed by atoms with E-state index in [1.54, 1.807) is 24.3 Å². The first-order chi connectivity index (χ1) is 12.0. The molecule has 0 unspecified atom stereocenters. The minimum Gasteiger partial charge on any atom is -0.327 e. The second-order valence-corrected chi connectivity index (χ2v) is 8.62. The van der Waals surface area contributed by atoms with E-state index < -0.39 is 9.84 Å². The van der Waals surface area contributed by atoms with E-state index in [4.69, 9.17) is 5.26 Å². The highest BCUT2D eigenvalue weighted by molar-refractivity contribution is 9.10. The second-order valence-electron chi connectivity index (χ2n) is 5.60. The van der Waals surface area contributed by atoms with Crippen molar-refractivity contribution < 1.29 is 8.42 Å². The summed E-state index contributed by atoms with van der Waals surface area (Å²) in [5.74, 6) is 0.668. The fourth-order valence-electron chi connectivity index (χ4n) is 2.71. The summed E-state index contributed by atoms with van der Waals surface area (Å²) in [5.41, 5.74) is 1.74. The van der Waals surface area contributed by atoms with Crippen LogP contribution in [0.5, 0.6) is 0 Å². The summed E-state index contributed by atoms with van der Waals surface area (Å²) in [7, 11) is -3.39. The van der Waals surface area contributed by atoms with Gasteiger partial charge < -0.3 is 4.57 Å². The van der Waals surface area contributed by atoms with E-state index in [9.17, 15) is 8.42 Å². The fraction of sp³-hybridized carbons (Fsp3) is 0.222. The summed E-state index contributed by atoms with van der Waals surface area (Å²) in [6.07, 6.45) is 0.658. The number of aromatic nitrogens is 2. The molecule has 7 heteroatoms. The quantitative estimate of drug-likeness (QED) is 0.611. The SMILES string of the molecule is N#CCCn1c(CCS(=O)(=O)c2ccc(Br)cc2)nc2ccccc21. The summed E-state index contributed by atoms with van der Waals surface area (Å²) in [4.78, 5) is 4.86. The smallest absolute Gasteiger partial charge is 0.178 e. The Bertz CT molecular complexity index is 1030. The summed E-state index contributed by atoms with van der Waals surface area (Å²) >= 11 is 3.31. The molecular formula is C18H16BrN3O2S. The number of imidazole rings is 1. The molecular weight excluding hydrogens is 402 g/mol. The van der Waals surface area contributed by atoms with E-state index >= 15 is 0 Å². The van der Waals surface area contributed by atoms with Crippen molar-refractivity contribution in [1.82, 2.24) is 9.55 Å². The molecule has 0 N–H and O–H groups in total. The third-order valence-electron chi connectivity index (χ3n) is 3.95. The number of hydrogen-bond donors (Lipinski definition) is 0. The molecule has 3 aromatic rings. The van der Waals surface area contributed by atoms with Crippen LogP contribution in [0, 0.1) is 11.3 Å². The van der Waals surface area contributed by atoms with Gasteiger partial charge in [-0.15, -0.1) is 0 Å². The molecule has 0 aliphatic carbocycles. The average molecular weight is 418 g/mol. The Labute approximate surface area is 155 Å². The third kappa shape index (κ3) is 3.91. The van der Waals surface area contributed by atoms with Crippen molar-refractivity contribution in [2.45, 2.75) is 24.3 Å². The van der Waals surface area contributed by atoms with Crippen molar-refractivity contribution in [3.8, 4) is 6.07 Å². The highest BCUT2D eigenvalue weighted by Gasteiger charge is 2.17. The van der Waals surface area contributed by atoms with E-state index in [-0.39, 0.29) is 5.75 Å². The first kappa shape index (κ1) is 17.6. The minimum absolute atomic E-state index is 0.0233. The van der Waals surface area contributed by atoms with Crippen LogP contribution in [0.3, 0.4) is 0 Å². The number of rotatable bonds is 6. The van der Waals surface area contributed by atoms with Crippen LogP contribution >= 0.6 is 15.9 Å². The average Bonchev–Trinajstić information content (AvgIpc) is 2.96. The predicted molar refractivity (Wildman–Crippen MR) is 99.9 cm³/mol. The van der Waals surface area contributed by atoms with Gasteiger partial charge in [0.05, 0.1) is 34.2 Å². The van der Waals surface area contributed by atoms with E-state index in [1.807, 2.05) is 28.8 Å². The molecule has 25 heavy (non-hydrogen) atoms. The van der Waals surface area contributed by atoms with Gasteiger partial charge in [0.25, 0.3) is 0 Å². The zero-order chi connectivity index (χ0) is 17.9. The minimum atomic E-state index is -3.39. The Hall–Kier alpha value is -2.17. The molecule has 5 nitrogen and oxygen atoms in total. The molecule has 3 rings (SSSR count). The monoisotopic (exact) mass is 417 g/mol. The van der Waals surface area contributed by atoms with Crippen molar-refractivity contribution in [3.63, 3.8) is 0 Å². The Kier molecular flexibility index (Phi) is 5.21. The number of benzene rings is 2. The van der Waals surface area contributed by atoms with E-state index in [0.717, 1.165) is 15.5 Å². The first-order valence-corrected chi connectivity index (χ1v) is 10.3. The van der Waals surface area contributed by atoms with E-state index in [1.165, 1.54) is 0 Å². The number of hydrogen-bond acceptors (Lipinski definition) is 4. The van der Waals surface area contributed by atoms with Gasteiger partial charge >= 0.3 is 0 Å². The van der Waals surface area contributed by atoms with Crippen molar-refractivity contribution in [2.75, 3.05) is 5.75 Å². The van der Waals surface area contributed by atoms with Crippen LogP contribution in [0.2, 0.25) is 0 Å². The van der Waals surface area contributed by atoms with Crippen molar-refractivity contribution >= 4 is 36.8 Å². The summed E-state index contributed by atoms with van der Waals surface area (Å²) in [5, 5.41) is 8.87. The van der Waals surface area contributed by atoms with Crippen LogP contribution in [0.15, 0.2) is 57.9 Å². The van der Waals surface area contributed by atoms with Gasteiger partial charge in [0.2, 0.25) is 0 Å². The van der Waals surface area contributed by atoms with Gasteiger partial charge in [-0.25, -0.2) is 13.4 Å². The van der Waals surface area contributed by atoms with Gasteiger partial charge in [0.1, 0.15) is 5.82 Å². The van der Waals surface area contributed by atoms with E-state index in [2.05, 4.69) is 27.0 Å². The normalized spacial score (nSPS) is 11.5. The van der Waals surface area contributed by atoms with Crippen molar-refractivity contribution in [2.24, 2.45) is 0 Å². The summed E-state index contributed by atoms with van der Waals surface area (Å²) < 4.78 is 27.9. The van der Waals surface area contributed by atoms with Crippen LogP contribution in [-0.4, -0.2) is 23.7 Å². The Morgan fingerprint density at radius 2 is 1.84 bits per heavy atom. The maximum absolute atomic E-state index is 12.6. The van der Waals surface area contributed by atoms with Gasteiger partial charge in [0, 0.05) is 17.4 Å². The molecule has 0 aliphatic rings. The zero-order valence-electron chi connectivity index (χ0n) is 13.4. The molecule has 0 radical (unpaired) electrons. The number of sulfone groups is 1. The van der Waals surface area contributed by atoms with Gasteiger partial charge in [-0.1, -0.05) is 28.1 Å². The van der Waals surface area contributed by atoms with Gasteiger partial charge in [-0.05, 0) is 36.4 Å². The first-order valence-electron chi connectivity index (χ1n) is 7.81.